The summed E-state index contributed by atoms with van der Waals surface area (Å²) in [5.74, 6) is -0.404. The first-order valence-corrected chi connectivity index (χ1v) is 7.14. The van der Waals surface area contributed by atoms with Crippen LogP contribution in [0.3, 0.4) is 0 Å². The average Bonchev–Trinajstić information content (AvgIpc) is 3.25. The molecule has 2 atom stereocenters. The van der Waals surface area contributed by atoms with Crippen molar-refractivity contribution in [3.8, 4) is 0 Å². The molecule has 118 valence electrons. The zero-order valence-corrected chi connectivity index (χ0v) is 12.3. The minimum Gasteiger partial charge on any atom is -0.456 e. The van der Waals surface area contributed by atoms with Crippen molar-refractivity contribution in [1.29, 1.82) is 0 Å². The molecule has 0 bridgehead atoms. The molecule has 0 aliphatic carbocycles. The van der Waals surface area contributed by atoms with Gasteiger partial charge >= 0.3 is 5.97 Å². The Kier molecular flexibility index (Phi) is 4.26. The van der Waals surface area contributed by atoms with Crippen LogP contribution in [0, 0.1) is 0 Å². The van der Waals surface area contributed by atoms with Gasteiger partial charge in [-0.05, 0) is 23.8 Å². The largest absolute Gasteiger partial charge is 0.456 e. The van der Waals surface area contributed by atoms with Crippen LogP contribution in [0.5, 0.6) is 0 Å². The third-order valence-electron chi connectivity index (χ3n) is 3.77. The molecule has 2 aliphatic rings. The van der Waals surface area contributed by atoms with Gasteiger partial charge in [-0.1, -0.05) is 0 Å². The van der Waals surface area contributed by atoms with E-state index in [-0.39, 0.29) is 18.7 Å². The Morgan fingerprint density at radius 1 is 1.55 bits per heavy atom. The van der Waals surface area contributed by atoms with Gasteiger partial charge < -0.3 is 19.2 Å². The minimum atomic E-state index is -0.445. The molecule has 0 radical (unpaired) electrons. The number of carbonyl (C=O) groups excluding carboxylic acids is 2. The molecule has 1 fully saturated rings. The number of likely N-dealkylation sites (tertiary alicyclic amines) is 1. The number of aromatic nitrogens is 1. The smallest absolute Gasteiger partial charge is 0.355 e. The van der Waals surface area contributed by atoms with Crippen molar-refractivity contribution in [2.24, 2.45) is 0 Å². The van der Waals surface area contributed by atoms with E-state index < -0.39 is 12.2 Å². The van der Waals surface area contributed by atoms with Crippen LogP contribution in [0.25, 0.3) is 0 Å². The summed E-state index contributed by atoms with van der Waals surface area (Å²) in [6.07, 6.45) is 3.91. The third kappa shape index (κ3) is 2.90. The summed E-state index contributed by atoms with van der Waals surface area (Å²) in [5, 5.41) is 0. The van der Waals surface area contributed by atoms with Gasteiger partial charge in [0, 0.05) is 26.1 Å². The minimum absolute atomic E-state index is 0.0118. The second-order valence-corrected chi connectivity index (χ2v) is 5.22. The molecule has 1 saturated heterocycles. The predicted octanol–water partition coefficient (Wildman–Crippen LogP) is 1.05. The van der Waals surface area contributed by atoms with E-state index in [1.54, 1.807) is 30.3 Å². The Hall–Kier alpha value is -2.12. The summed E-state index contributed by atoms with van der Waals surface area (Å²) in [4.78, 5) is 28.0. The predicted molar refractivity (Wildman–Crippen MR) is 75.8 cm³/mol. The normalized spacial score (nSPS) is 24.7. The summed E-state index contributed by atoms with van der Waals surface area (Å²) in [5.41, 5.74) is 1.24. The molecule has 1 N–H and O–H groups in total. The highest BCUT2D eigenvalue weighted by Crippen LogP contribution is 2.26. The van der Waals surface area contributed by atoms with E-state index in [9.17, 15) is 9.59 Å². The van der Waals surface area contributed by atoms with Gasteiger partial charge in [0.15, 0.2) is 6.23 Å². The van der Waals surface area contributed by atoms with Crippen molar-refractivity contribution in [3.05, 3.63) is 35.7 Å². The first-order chi connectivity index (χ1) is 10.7. The number of hydrogen-bond donors (Lipinski definition) is 1. The van der Waals surface area contributed by atoms with Crippen molar-refractivity contribution in [2.75, 3.05) is 20.3 Å². The van der Waals surface area contributed by atoms with E-state index in [0.717, 1.165) is 5.57 Å². The molecule has 2 aliphatic heterocycles. The number of rotatable bonds is 5. The highest BCUT2D eigenvalue weighted by molar-refractivity contribution is 5.87. The number of H-pyrrole nitrogens is 1. The molecule has 0 spiro atoms. The zero-order valence-electron chi connectivity index (χ0n) is 12.3. The fourth-order valence-electron chi connectivity index (χ4n) is 2.65. The first-order valence-electron chi connectivity index (χ1n) is 7.14. The number of amides is 1. The van der Waals surface area contributed by atoms with E-state index in [4.69, 9.17) is 14.2 Å². The fourth-order valence-corrected chi connectivity index (χ4v) is 2.65. The van der Waals surface area contributed by atoms with Gasteiger partial charge in [-0.15, -0.1) is 0 Å². The van der Waals surface area contributed by atoms with Gasteiger partial charge in [-0.25, -0.2) is 4.79 Å². The van der Waals surface area contributed by atoms with E-state index in [1.165, 1.54) is 0 Å². The van der Waals surface area contributed by atoms with E-state index in [1.807, 2.05) is 6.08 Å². The molecule has 22 heavy (non-hydrogen) atoms. The molecule has 1 amide bonds. The molecule has 2 unspecified atom stereocenters. The Bertz CT molecular complexity index is 581. The lowest BCUT2D eigenvalue weighted by Crippen LogP contribution is -2.42. The summed E-state index contributed by atoms with van der Waals surface area (Å²) >= 11 is 0. The molecule has 0 saturated carbocycles. The SMILES string of the molecule is COC1CCC(=O)N1C1C=C(COC(=O)c2ccc[nH]2)CO1. The lowest BCUT2D eigenvalue weighted by molar-refractivity contribution is -0.150. The molecule has 3 rings (SSSR count). The van der Waals surface area contributed by atoms with Gasteiger partial charge in [0.25, 0.3) is 0 Å². The van der Waals surface area contributed by atoms with Crippen LogP contribution in [0.1, 0.15) is 23.3 Å². The maximum Gasteiger partial charge on any atom is 0.355 e. The molecule has 1 aromatic rings. The summed E-state index contributed by atoms with van der Waals surface area (Å²) in [6.45, 7) is 0.483. The van der Waals surface area contributed by atoms with Crippen molar-refractivity contribution >= 4 is 11.9 Å². The number of hydrogen-bond acceptors (Lipinski definition) is 5. The Morgan fingerprint density at radius 3 is 3.14 bits per heavy atom. The van der Waals surface area contributed by atoms with E-state index in [0.29, 0.717) is 25.1 Å². The Labute approximate surface area is 127 Å². The van der Waals surface area contributed by atoms with Crippen LogP contribution >= 0.6 is 0 Å². The van der Waals surface area contributed by atoms with Crippen LogP contribution in [-0.4, -0.2) is 54.5 Å². The van der Waals surface area contributed by atoms with Crippen LogP contribution in [0.2, 0.25) is 0 Å². The van der Waals surface area contributed by atoms with Crippen molar-refractivity contribution < 1.29 is 23.8 Å². The van der Waals surface area contributed by atoms with Gasteiger partial charge in [0.1, 0.15) is 18.5 Å². The standard InChI is InChI=1S/C15H18N2O5/c1-20-13-5-4-12(18)17(13)14-7-10(8-21-14)9-22-15(19)11-3-2-6-16-11/h2-3,6-7,13-14,16H,4-5,8-9H2,1H3. The molecule has 1 aromatic heterocycles. The quantitative estimate of drug-likeness (QED) is 0.649. The highest BCUT2D eigenvalue weighted by Gasteiger charge is 2.38. The monoisotopic (exact) mass is 306 g/mol. The first kappa shape index (κ1) is 14.8. The molecule has 7 heteroatoms. The third-order valence-corrected chi connectivity index (χ3v) is 3.77. The van der Waals surface area contributed by atoms with Crippen LogP contribution < -0.4 is 0 Å². The second-order valence-electron chi connectivity index (χ2n) is 5.22. The van der Waals surface area contributed by atoms with Gasteiger partial charge in [0.2, 0.25) is 5.91 Å². The topological polar surface area (TPSA) is 80.9 Å². The van der Waals surface area contributed by atoms with Gasteiger partial charge in [-0.2, -0.15) is 0 Å². The van der Waals surface area contributed by atoms with Crippen LogP contribution in [0.4, 0.5) is 0 Å². The Morgan fingerprint density at radius 2 is 2.41 bits per heavy atom. The zero-order chi connectivity index (χ0) is 15.5. The lowest BCUT2D eigenvalue weighted by Gasteiger charge is -2.27. The van der Waals surface area contributed by atoms with Crippen LogP contribution in [-0.2, 0) is 19.0 Å². The summed E-state index contributed by atoms with van der Waals surface area (Å²) < 4.78 is 16.1. The maximum atomic E-state index is 11.9. The number of methoxy groups -OCH3 is 1. The number of nitrogens with one attached hydrogen (secondary N) is 1. The molecule has 7 nitrogen and oxygen atoms in total. The van der Waals surface area contributed by atoms with E-state index >= 15 is 0 Å². The second kappa shape index (κ2) is 6.33. The number of esters is 1. The average molecular weight is 306 g/mol. The van der Waals surface area contributed by atoms with Gasteiger partial charge in [0.05, 0.1) is 6.61 Å². The number of nitrogens with zero attached hydrogens (tertiary/aromatic N) is 1. The van der Waals surface area contributed by atoms with Crippen molar-refractivity contribution in [1.82, 2.24) is 9.88 Å². The number of aromatic amines is 1. The fraction of sp³-hybridized carbons (Fsp3) is 0.467. The summed E-state index contributed by atoms with van der Waals surface area (Å²) in [6, 6.07) is 3.38. The molecular formula is C15H18N2O5. The number of carbonyl (C=O) groups is 2. The molecule has 3 heterocycles. The molecular weight excluding hydrogens is 288 g/mol. The van der Waals surface area contributed by atoms with Crippen LogP contribution in [0.15, 0.2) is 30.0 Å². The van der Waals surface area contributed by atoms with Gasteiger partial charge in [-0.3, -0.25) is 9.69 Å². The Balaban J connectivity index is 1.58. The van der Waals surface area contributed by atoms with Crippen molar-refractivity contribution in [2.45, 2.75) is 25.3 Å². The molecule has 0 aromatic carbocycles. The highest BCUT2D eigenvalue weighted by atomic mass is 16.5. The van der Waals surface area contributed by atoms with Crippen molar-refractivity contribution in [3.63, 3.8) is 0 Å². The number of ether oxygens (including phenoxy) is 3. The van der Waals surface area contributed by atoms with E-state index in [2.05, 4.69) is 4.98 Å². The summed E-state index contributed by atoms with van der Waals surface area (Å²) in [7, 11) is 1.58. The maximum absolute atomic E-state index is 11.9. The lowest BCUT2D eigenvalue weighted by atomic mass is 10.3.